The summed E-state index contributed by atoms with van der Waals surface area (Å²) in [6.45, 7) is 0.651. The molecule has 0 amide bonds. The lowest BCUT2D eigenvalue weighted by atomic mass is 10.2. The third-order valence-electron chi connectivity index (χ3n) is 2.03. The number of nitrogens with one attached hydrogen (secondary N) is 1. The van der Waals surface area contributed by atoms with E-state index in [0.29, 0.717) is 6.61 Å². The van der Waals surface area contributed by atoms with Crippen LogP contribution >= 0.6 is 0 Å². The predicted molar refractivity (Wildman–Crippen MR) is 50.6 cm³/mol. The first-order chi connectivity index (χ1) is 7.27. The van der Waals surface area contributed by atoms with Gasteiger partial charge < -0.3 is 14.2 Å². The van der Waals surface area contributed by atoms with Crippen LogP contribution in [-0.2, 0) is 23.8 Å². The molecule has 0 radical (unpaired) electrons. The number of rotatable bonds is 5. The zero-order chi connectivity index (χ0) is 11.1. The molecule has 2 atom stereocenters. The lowest BCUT2D eigenvalue weighted by Gasteiger charge is -2.25. The van der Waals surface area contributed by atoms with E-state index in [4.69, 9.17) is 14.3 Å². The van der Waals surface area contributed by atoms with Crippen molar-refractivity contribution in [1.29, 1.82) is 0 Å². The van der Waals surface area contributed by atoms with Crippen LogP contribution in [0.5, 0.6) is 0 Å². The molecule has 1 N–H and O–H groups in total. The van der Waals surface area contributed by atoms with Crippen LogP contribution in [-0.4, -0.2) is 39.3 Å². The summed E-state index contributed by atoms with van der Waals surface area (Å²) in [5.74, 6) is -0.585. The summed E-state index contributed by atoms with van der Waals surface area (Å²) in [7, 11) is 2.82. The molecular formula is C9H17NO5. The second kappa shape index (κ2) is 6.73. The zero-order valence-corrected chi connectivity index (χ0v) is 9.02. The lowest BCUT2D eigenvalue weighted by Crippen LogP contribution is -2.38. The van der Waals surface area contributed by atoms with Gasteiger partial charge in [-0.15, -0.1) is 0 Å². The van der Waals surface area contributed by atoms with Crippen LogP contribution < -0.4 is 5.48 Å². The Bertz CT molecular complexity index is 193. The van der Waals surface area contributed by atoms with Crippen molar-refractivity contribution in [2.45, 2.75) is 31.8 Å². The van der Waals surface area contributed by atoms with Crippen LogP contribution in [0, 0.1) is 0 Å². The minimum Gasteiger partial charge on any atom is -0.465 e. The van der Waals surface area contributed by atoms with Crippen molar-refractivity contribution >= 4 is 5.97 Å². The smallest absolute Gasteiger partial charge is 0.365 e. The number of ether oxygens (including phenoxy) is 3. The van der Waals surface area contributed by atoms with Gasteiger partial charge in [0.15, 0.2) is 6.29 Å². The molecule has 2 unspecified atom stereocenters. The number of methoxy groups -OCH3 is 1. The van der Waals surface area contributed by atoms with Gasteiger partial charge in [-0.2, -0.15) is 0 Å². The van der Waals surface area contributed by atoms with E-state index in [1.807, 2.05) is 0 Å². The standard InChI is InChI=1S/C9H17NO5/c1-10-15-9(8(11)12-2)14-7-5-3-4-6-13-7/h7,9-10H,3-6H2,1-2H3. The number of carbonyl (C=O) groups excluding carboxylic acids is 1. The predicted octanol–water partition coefficient (Wildman–Crippen LogP) is 0.180. The lowest BCUT2D eigenvalue weighted by molar-refractivity contribution is -0.269. The summed E-state index contributed by atoms with van der Waals surface area (Å²) in [6.07, 6.45) is 1.34. The number of hydrogen-bond acceptors (Lipinski definition) is 6. The van der Waals surface area contributed by atoms with Gasteiger partial charge in [0.25, 0.3) is 6.29 Å². The molecule has 6 nitrogen and oxygen atoms in total. The SMILES string of the molecule is CNOC(OC1CCCCO1)C(=O)OC. The first-order valence-corrected chi connectivity index (χ1v) is 4.95. The van der Waals surface area contributed by atoms with Crippen molar-refractivity contribution in [3.05, 3.63) is 0 Å². The Morgan fingerprint density at radius 3 is 2.87 bits per heavy atom. The second-order valence-electron chi connectivity index (χ2n) is 3.11. The number of carbonyl (C=O) groups is 1. The third kappa shape index (κ3) is 4.13. The van der Waals surface area contributed by atoms with Crippen molar-refractivity contribution in [3.8, 4) is 0 Å². The van der Waals surface area contributed by atoms with Gasteiger partial charge in [-0.05, 0) is 19.3 Å². The van der Waals surface area contributed by atoms with E-state index in [-0.39, 0.29) is 0 Å². The van der Waals surface area contributed by atoms with Gasteiger partial charge in [0, 0.05) is 13.7 Å². The molecule has 6 heteroatoms. The first kappa shape index (κ1) is 12.4. The van der Waals surface area contributed by atoms with E-state index in [1.54, 1.807) is 7.05 Å². The average molecular weight is 219 g/mol. The van der Waals surface area contributed by atoms with Crippen molar-refractivity contribution in [2.24, 2.45) is 0 Å². The maximum absolute atomic E-state index is 11.2. The topological polar surface area (TPSA) is 66.0 Å². The van der Waals surface area contributed by atoms with Crippen molar-refractivity contribution < 1.29 is 23.8 Å². The maximum Gasteiger partial charge on any atom is 0.365 e. The summed E-state index contributed by atoms with van der Waals surface area (Å²) in [5, 5.41) is 0. The van der Waals surface area contributed by atoms with Crippen LogP contribution in [0.2, 0.25) is 0 Å². The number of hydroxylamine groups is 1. The molecule has 0 saturated carbocycles. The van der Waals surface area contributed by atoms with Gasteiger partial charge >= 0.3 is 5.97 Å². The van der Waals surface area contributed by atoms with Crippen molar-refractivity contribution in [3.63, 3.8) is 0 Å². The maximum atomic E-state index is 11.2. The fourth-order valence-electron chi connectivity index (χ4n) is 1.29. The van der Waals surface area contributed by atoms with E-state index < -0.39 is 18.5 Å². The highest BCUT2D eigenvalue weighted by atomic mass is 16.8. The second-order valence-corrected chi connectivity index (χ2v) is 3.11. The number of esters is 1. The quantitative estimate of drug-likeness (QED) is 0.404. The van der Waals surface area contributed by atoms with Crippen LogP contribution in [0.1, 0.15) is 19.3 Å². The monoisotopic (exact) mass is 219 g/mol. The summed E-state index contributed by atoms with van der Waals surface area (Å²) >= 11 is 0. The Hall–Kier alpha value is -0.690. The molecule has 0 aromatic rings. The molecule has 15 heavy (non-hydrogen) atoms. The van der Waals surface area contributed by atoms with Crippen molar-refractivity contribution in [2.75, 3.05) is 20.8 Å². The number of hydrogen-bond donors (Lipinski definition) is 1. The van der Waals surface area contributed by atoms with Crippen LogP contribution in [0.15, 0.2) is 0 Å². The molecule has 1 aliphatic heterocycles. The summed E-state index contributed by atoms with van der Waals surface area (Å²) in [4.78, 5) is 16.1. The van der Waals surface area contributed by atoms with Gasteiger partial charge in [-0.25, -0.2) is 10.3 Å². The largest absolute Gasteiger partial charge is 0.465 e. The molecule has 88 valence electrons. The zero-order valence-electron chi connectivity index (χ0n) is 9.02. The van der Waals surface area contributed by atoms with Gasteiger partial charge in [0.2, 0.25) is 0 Å². The molecule has 0 bridgehead atoms. The van der Waals surface area contributed by atoms with Crippen LogP contribution in [0.4, 0.5) is 0 Å². The highest BCUT2D eigenvalue weighted by Gasteiger charge is 2.26. The Labute approximate surface area is 88.8 Å². The summed E-state index contributed by atoms with van der Waals surface area (Å²) in [5.41, 5.74) is 2.39. The fraction of sp³-hybridized carbons (Fsp3) is 0.889. The molecule has 1 aliphatic rings. The fourth-order valence-corrected chi connectivity index (χ4v) is 1.29. The molecule has 1 saturated heterocycles. The van der Waals surface area contributed by atoms with Gasteiger partial charge in [-0.3, -0.25) is 4.84 Å². The summed E-state index contributed by atoms with van der Waals surface area (Å²) in [6, 6.07) is 0. The minimum atomic E-state index is -1.08. The molecule has 0 aliphatic carbocycles. The molecular weight excluding hydrogens is 202 g/mol. The van der Waals surface area contributed by atoms with E-state index in [1.165, 1.54) is 7.11 Å². The Kier molecular flexibility index (Phi) is 5.56. The van der Waals surface area contributed by atoms with Crippen LogP contribution in [0.25, 0.3) is 0 Å². The third-order valence-corrected chi connectivity index (χ3v) is 2.03. The Morgan fingerprint density at radius 1 is 1.53 bits per heavy atom. The van der Waals surface area contributed by atoms with Crippen LogP contribution in [0.3, 0.4) is 0 Å². The van der Waals surface area contributed by atoms with E-state index in [0.717, 1.165) is 19.3 Å². The minimum absolute atomic E-state index is 0.392. The molecule has 0 aromatic heterocycles. The molecule has 1 heterocycles. The van der Waals surface area contributed by atoms with E-state index >= 15 is 0 Å². The molecule has 1 rings (SSSR count). The van der Waals surface area contributed by atoms with Gasteiger partial charge in [-0.1, -0.05) is 0 Å². The molecule has 1 fully saturated rings. The van der Waals surface area contributed by atoms with Crippen molar-refractivity contribution in [1.82, 2.24) is 5.48 Å². The molecule has 0 aromatic carbocycles. The van der Waals surface area contributed by atoms with E-state index in [2.05, 4.69) is 10.2 Å². The van der Waals surface area contributed by atoms with Gasteiger partial charge in [0.05, 0.1) is 7.11 Å². The Balaban J connectivity index is 2.38. The first-order valence-electron chi connectivity index (χ1n) is 4.95. The van der Waals surface area contributed by atoms with Gasteiger partial charge in [0.1, 0.15) is 0 Å². The average Bonchev–Trinajstić information content (AvgIpc) is 2.29. The molecule has 0 spiro atoms. The Morgan fingerprint density at radius 2 is 2.33 bits per heavy atom. The van der Waals surface area contributed by atoms with E-state index in [9.17, 15) is 4.79 Å². The highest BCUT2D eigenvalue weighted by molar-refractivity contribution is 5.72. The highest BCUT2D eigenvalue weighted by Crippen LogP contribution is 2.15. The normalized spacial score (nSPS) is 23.5. The summed E-state index contributed by atoms with van der Waals surface area (Å²) < 4.78 is 15.1.